The van der Waals surface area contributed by atoms with Gasteiger partial charge in [0.1, 0.15) is 23.8 Å². The number of aliphatic hydroxyl groups is 3. The van der Waals surface area contributed by atoms with Gasteiger partial charge < -0.3 is 31.1 Å². The topological polar surface area (TPSA) is 152 Å². The number of aliphatic hydroxyl groups excluding tert-OH is 3. The quantitative estimate of drug-likeness (QED) is 0.290. The smallest absolute Gasteiger partial charge is 0.226 e. The van der Waals surface area contributed by atoms with Crippen LogP contribution >= 0.6 is 0 Å². The molecule has 6 N–H and O–H groups in total. The molecule has 2 aromatic carbocycles. The number of benzene rings is 2. The van der Waals surface area contributed by atoms with Gasteiger partial charge in [0.15, 0.2) is 17.7 Å². The molecule has 10 heteroatoms. The monoisotopic (exact) mass is 474 g/mol. The highest BCUT2D eigenvalue weighted by atomic mass is 16.6. The van der Waals surface area contributed by atoms with Crippen LogP contribution in [0.3, 0.4) is 0 Å². The van der Waals surface area contributed by atoms with E-state index in [0.29, 0.717) is 23.7 Å². The first-order chi connectivity index (χ1) is 17.0. The highest BCUT2D eigenvalue weighted by Crippen LogP contribution is 2.46. The molecule has 1 unspecified atom stereocenters. The number of ether oxygens (including phenoxy) is 1. The van der Waals surface area contributed by atoms with E-state index in [1.54, 1.807) is 0 Å². The van der Waals surface area contributed by atoms with Gasteiger partial charge in [-0.05, 0) is 34.7 Å². The molecule has 0 saturated carbocycles. The van der Waals surface area contributed by atoms with Gasteiger partial charge in [-0.15, -0.1) is 0 Å². The van der Waals surface area contributed by atoms with Crippen LogP contribution in [0.15, 0.2) is 48.8 Å². The lowest BCUT2D eigenvalue weighted by atomic mass is 9.93. The molecular weight excluding hydrogens is 448 g/mol. The van der Waals surface area contributed by atoms with Gasteiger partial charge in [-0.1, -0.05) is 42.5 Å². The maximum Gasteiger partial charge on any atom is 0.226 e. The Balaban J connectivity index is 1.33. The Kier molecular flexibility index (Phi) is 5.19. The van der Waals surface area contributed by atoms with E-state index < -0.39 is 31.1 Å². The van der Waals surface area contributed by atoms with Gasteiger partial charge >= 0.3 is 0 Å². The van der Waals surface area contributed by atoms with E-state index in [0.717, 1.165) is 0 Å². The molecule has 5 atom stereocenters. The molecule has 35 heavy (non-hydrogen) atoms. The zero-order valence-corrected chi connectivity index (χ0v) is 19.0. The lowest BCUT2D eigenvalue weighted by Gasteiger charge is -2.18. The summed E-state index contributed by atoms with van der Waals surface area (Å²) in [7, 11) is 0. The van der Waals surface area contributed by atoms with Crippen LogP contribution in [0, 0.1) is 6.92 Å². The molecule has 180 valence electrons. The van der Waals surface area contributed by atoms with Gasteiger partial charge in [-0.2, -0.15) is 9.97 Å². The number of hydrogen-bond acceptors (Lipinski definition) is 9. The van der Waals surface area contributed by atoms with E-state index >= 15 is 0 Å². The minimum atomic E-state index is -1.26. The fraction of sp³-hybridized carbons (Fsp3) is 0.320. The molecular formula is C25H26N6O4. The van der Waals surface area contributed by atoms with Crippen molar-refractivity contribution in [1.82, 2.24) is 19.5 Å². The van der Waals surface area contributed by atoms with Gasteiger partial charge in [0.2, 0.25) is 5.95 Å². The number of imidazole rings is 1. The van der Waals surface area contributed by atoms with Gasteiger partial charge in [0, 0.05) is 12.5 Å². The van der Waals surface area contributed by atoms with Crippen molar-refractivity contribution in [3.05, 3.63) is 65.5 Å². The maximum absolute atomic E-state index is 10.5. The average molecular weight is 475 g/mol. The van der Waals surface area contributed by atoms with Crippen molar-refractivity contribution in [2.45, 2.75) is 37.4 Å². The normalized spacial score (nSPS) is 25.1. The van der Waals surface area contributed by atoms with Gasteiger partial charge in [0.25, 0.3) is 0 Å². The molecule has 3 heterocycles. The van der Waals surface area contributed by atoms with Crippen molar-refractivity contribution < 1.29 is 20.1 Å². The molecule has 1 aliphatic heterocycles. The van der Waals surface area contributed by atoms with E-state index in [-0.39, 0.29) is 11.7 Å². The Morgan fingerprint density at radius 2 is 1.86 bits per heavy atom. The molecule has 0 bridgehead atoms. The number of rotatable bonds is 5. The first-order valence-electron chi connectivity index (χ1n) is 11.5. The second-order valence-corrected chi connectivity index (χ2v) is 9.04. The third kappa shape index (κ3) is 3.37. The molecule has 10 nitrogen and oxygen atoms in total. The van der Waals surface area contributed by atoms with Crippen LogP contribution in [-0.2, 0) is 4.74 Å². The van der Waals surface area contributed by atoms with Crippen LogP contribution in [0.25, 0.3) is 22.3 Å². The van der Waals surface area contributed by atoms with Crippen molar-refractivity contribution in [3.8, 4) is 11.1 Å². The van der Waals surface area contributed by atoms with Gasteiger partial charge in [-0.25, -0.2) is 4.98 Å². The summed E-state index contributed by atoms with van der Waals surface area (Å²) in [6, 6.07) is 14.8. The lowest BCUT2D eigenvalue weighted by molar-refractivity contribution is -0.0511. The highest BCUT2D eigenvalue weighted by molar-refractivity contribution is 5.83. The number of aryl methyl sites for hydroxylation is 1. The molecule has 6 rings (SSSR count). The highest BCUT2D eigenvalue weighted by Gasteiger charge is 2.44. The number of nitrogens with zero attached hydrogens (tertiary/aromatic N) is 4. The minimum absolute atomic E-state index is 0.119. The summed E-state index contributed by atoms with van der Waals surface area (Å²) in [5.41, 5.74) is 13.1. The lowest BCUT2D eigenvalue weighted by Crippen LogP contribution is -2.33. The number of nitrogen functional groups attached to an aromatic ring is 1. The molecule has 1 saturated heterocycles. The average Bonchev–Trinajstić information content (AvgIpc) is 3.51. The molecule has 0 amide bonds. The summed E-state index contributed by atoms with van der Waals surface area (Å²) in [6.45, 7) is 2.26. The molecule has 2 aliphatic rings. The standard InChI is InChI=1S/C25H26N6O4/c1-12-5-4-8-15-13-6-2-3-7-14(13)16(18(12)15)9-27-25-29-22(26)19-23(30-25)31(11-28-19)24-21(34)20(33)17(10-32)35-24/h2-8,11,16-17,20-21,24,32-34H,9-10H2,1H3,(H3,26,27,29,30)/t16?,17-,20-,21-,24-/m1/s1. The fourth-order valence-electron chi connectivity index (χ4n) is 5.30. The van der Waals surface area contributed by atoms with Crippen molar-refractivity contribution in [2.75, 3.05) is 24.2 Å². The Morgan fingerprint density at radius 1 is 1.06 bits per heavy atom. The van der Waals surface area contributed by atoms with Gasteiger partial charge in [-0.3, -0.25) is 4.57 Å². The van der Waals surface area contributed by atoms with Crippen LogP contribution in [0.1, 0.15) is 28.8 Å². The van der Waals surface area contributed by atoms with Crippen LogP contribution in [0.2, 0.25) is 0 Å². The Labute approximate surface area is 201 Å². The number of anilines is 2. The van der Waals surface area contributed by atoms with E-state index in [1.165, 1.54) is 38.7 Å². The molecule has 0 radical (unpaired) electrons. The third-order valence-electron chi connectivity index (χ3n) is 7.00. The van der Waals surface area contributed by atoms with Crippen LogP contribution in [-0.4, -0.2) is 66.3 Å². The van der Waals surface area contributed by atoms with E-state index in [9.17, 15) is 15.3 Å². The Morgan fingerprint density at radius 3 is 2.66 bits per heavy atom. The second-order valence-electron chi connectivity index (χ2n) is 9.04. The maximum atomic E-state index is 10.5. The van der Waals surface area contributed by atoms with Crippen molar-refractivity contribution in [3.63, 3.8) is 0 Å². The molecule has 1 aliphatic carbocycles. The largest absolute Gasteiger partial charge is 0.394 e. The number of nitrogens with one attached hydrogen (secondary N) is 1. The van der Waals surface area contributed by atoms with Crippen LogP contribution < -0.4 is 11.1 Å². The SMILES string of the molecule is Cc1cccc2c1C(CNc1nc(N)c3ncn([C@@H]4O[C@H](CO)[C@@H](O)[C@H]4O)c3n1)c1ccccc1-2. The van der Waals surface area contributed by atoms with Gasteiger partial charge in [0.05, 0.1) is 12.9 Å². The molecule has 2 aromatic heterocycles. The van der Waals surface area contributed by atoms with Crippen molar-refractivity contribution in [2.24, 2.45) is 0 Å². The van der Waals surface area contributed by atoms with E-state index in [4.69, 9.17) is 10.5 Å². The fourth-order valence-corrected chi connectivity index (χ4v) is 5.30. The molecule has 4 aromatic rings. The van der Waals surface area contributed by atoms with E-state index in [1.807, 2.05) is 6.07 Å². The minimum Gasteiger partial charge on any atom is -0.394 e. The Bertz CT molecular complexity index is 1420. The summed E-state index contributed by atoms with van der Waals surface area (Å²) < 4.78 is 7.16. The van der Waals surface area contributed by atoms with Crippen LogP contribution in [0.4, 0.5) is 11.8 Å². The summed E-state index contributed by atoms with van der Waals surface area (Å²) in [5, 5.41) is 33.4. The first-order valence-corrected chi connectivity index (χ1v) is 11.5. The molecule has 1 fully saturated rings. The predicted octanol–water partition coefficient (Wildman–Crippen LogP) is 1.55. The zero-order chi connectivity index (χ0) is 24.3. The second kappa shape index (κ2) is 8.28. The van der Waals surface area contributed by atoms with Crippen molar-refractivity contribution >= 4 is 22.9 Å². The summed E-state index contributed by atoms with van der Waals surface area (Å²) >= 11 is 0. The van der Waals surface area contributed by atoms with Crippen molar-refractivity contribution in [1.29, 1.82) is 0 Å². The first kappa shape index (κ1) is 21.9. The number of hydrogen-bond donors (Lipinski definition) is 5. The zero-order valence-electron chi connectivity index (χ0n) is 19.0. The summed E-state index contributed by atoms with van der Waals surface area (Å²) in [5.74, 6) is 0.627. The third-order valence-corrected chi connectivity index (χ3v) is 7.00. The number of fused-ring (bicyclic) bond motifs is 4. The molecule has 0 spiro atoms. The van der Waals surface area contributed by atoms with Crippen LogP contribution in [0.5, 0.6) is 0 Å². The summed E-state index contributed by atoms with van der Waals surface area (Å²) in [6.07, 6.45) is -2.93. The Hall–Kier alpha value is -3.57. The number of aromatic nitrogens is 4. The predicted molar refractivity (Wildman–Crippen MR) is 130 cm³/mol. The summed E-state index contributed by atoms with van der Waals surface area (Å²) in [4.78, 5) is 13.3. The number of nitrogens with two attached hydrogens (primary N) is 1. The van der Waals surface area contributed by atoms with E-state index in [2.05, 4.69) is 63.6 Å².